The van der Waals surface area contributed by atoms with Crippen LogP contribution >= 0.6 is 0 Å². The number of nitrogens with zero attached hydrogens (tertiary/aromatic N) is 2. The number of carbonyl (C=O) groups excluding carboxylic acids is 1. The van der Waals surface area contributed by atoms with E-state index in [0.717, 1.165) is 12.8 Å². The van der Waals surface area contributed by atoms with Gasteiger partial charge < -0.3 is 10.0 Å². The van der Waals surface area contributed by atoms with Crippen LogP contribution in [0.15, 0.2) is 12.1 Å². The number of carbonyl (C=O) groups is 1. The van der Waals surface area contributed by atoms with Crippen molar-refractivity contribution in [2.24, 2.45) is 0 Å². The summed E-state index contributed by atoms with van der Waals surface area (Å²) in [6, 6.07) is 0.835. The number of amides is 1. The van der Waals surface area contributed by atoms with Gasteiger partial charge in [0, 0.05) is 12.6 Å². The molecule has 1 aliphatic carbocycles. The van der Waals surface area contributed by atoms with Crippen LogP contribution in [0.4, 0.5) is 14.5 Å². The maximum absolute atomic E-state index is 13.7. The number of hydrogen-bond acceptors (Lipinski definition) is 4. The van der Waals surface area contributed by atoms with Gasteiger partial charge in [-0.25, -0.2) is 4.39 Å². The Labute approximate surface area is 112 Å². The minimum Gasteiger partial charge on any atom is -0.395 e. The van der Waals surface area contributed by atoms with E-state index in [2.05, 4.69) is 0 Å². The molecule has 8 heteroatoms. The van der Waals surface area contributed by atoms with E-state index in [1.165, 1.54) is 4.90 Å². The molecule has 108 valence electrons. The summed E-state index contributed by atoms with van der Waals surface area (Å²) in [6.07, 6.45) is 1.48. The van der Waals surface area contributed by atoms with Crippen LogP contribution in [0.5, 0.6) is 0 Å². The van der Waals surface area contributed by atoms with Crippen LogP contribution in [0.2, 0.25) is 0 Å². The molecule has 1 fully saturated rings. The lowest BCUT2D eigenvalue weighted by molar-refractivity contribution is -0.387. The normalized spacial score (nSPS) is 14.2. The van der Waals surface area contributed by atoms with E-state index in [4.69, 9.17) is 5.11 Å². The minimum absolute atomic E-state index is 0.0154. The number of aliphatic hydroxyl groups excluding tert-OH is 1. The Morgan fingerprint density at radius 1 is 1.40 bits per heavy atom. The molecule has 0 saturated heterocycles. The standard InChI is InChI=1S/C12H12F2N2O4/c13-9-6-11(16(19)20)10(14)5-8(9)12(18)15(3-4-17)7-1-2-7/h5-7,17H,1-4H2. The first-order valence-corrected chi connectivity index (χ1v) is 6.01. The van der Waals surface area contributed by atoms with Crippen molar-refractivity contribution in [3.8, 4) is 0 Å². The van der Waals surface area contributed by atoms with Crippen LogP contribution in [0.25, 0.3) is 0 Å². The van der Waals surface area contributed by atoms with Gasteiger partial charge in [-0.2, -0.15) is 4.39 Å². The topological polar surface area (TPSA) is 83.7 Å². The maximum atomic E-state index is 13.7. The molecule has 2 rings (SSSR count). The number of nitro benzene ring substituents is 1. The van der Waals surface area contributed by atoms with E-state index < -0.39 is 33.7 Å². The predicted octanol–water partition coefficient (Wildman–Crippen LogP) is 1.47. The van der Waals surface area contributed by atoms with Crippen molar-refractivity contribution in [1.29, 1.82) is 0 Å². The van der Waals surface area contributed by atoms with Crippen molar-refractivity contribution in [1.82, 2.24) is 4.90 Å². The summed E-state index contributed by atoms with van der Waals surface area (Å²) >= 11 is 0. The van der Waals surface area contributed by atoms with Gasteiger partial charge in [-0.3, -0.25) is 14.9 Å². The Balaban J connectivity index is 2.34. The summed E-state index contributed by atoms with van der Waals surface area (Å²) in [5.41, 5.74) is -1.58. The zero-order valence-electron chi connectivity index (χ0n) is 10.4. The van der Waals surface area contributed by atoms with Gasteiger partial charge in [0.1, 0.15) is 5.82 Å². The molecular weight excluding hydrogens is 274 g/mol. The Morgan fingerprint density at radius 2 is 2.05 bits per heavy atom. The van der Waals surface area contributed by atoms with Gasteiger partial charge in [0.15, 0.2) is 0 Å². The van der Waals surface area contributed by atoms with E-state index in [1.54, 1.807) is 0 Å². The zero-order chi connectivity index (χ0) is 14.9. The second-order valence-electron chi connectivity index (χ2n) is 4.49. The van der Waals surface area contributed by atoms with Gasteiger partial charge in [0.05, 0.1) is 23.2 Å². The van der Waals surface area contributed by atoms with Gasteiger partial charge >= 0.3 is 5.69 Å². The Kier molecular flexibility index (Phi) is 3.93. The van der Waals surface area contributed by atoms with Crippen LogP contribution in [-0.2, 0) is 0 Å². The summed E-state index contributed by atoms with van der Waals surface area (Å²) < 4.78 is 27.2. The lowest BCUT2D eigenvalue weighted by Gasteiger charge is -2.21. The third-order valence-electron chi connectivity index (χ3n) is 3.05. The molecule has 1 N–H and O–H groups in total. The van der Waals surface area contributed by atoms with E-state index in [-0.39, 0.29) is 19.2 Å². The van der Waals surface area contributed by atoms with Gasteiger partial charge in [-0.1, -0.05) is 0 Å². The number of benzene rings is 1. The van der Waals surface area contributed by atoms with Crippen molar-refractivity contribution in [2.45, 2.75) is 18.9 Å². The average Bonchev–Trinajstić information content (AvgIpc) is 3.21. The van der Waals surface area contributed by atoms with Crippen molar-refractivity contribution in [3.63, 3.8) is 0 Å². The first-order chi connectivity index (χ1) is 9.45. The zero-order valence-corrected chi connectivity index (χ0v) is 10.4. The molecule has 0 unspecified atom stereocenters. The first-order valence-electron chi connectivity index (χ1n) is 6.01. The monoisotopic (exact) mass is 286 g/mol. The van der Waals surface area contributed by atoms with Crippen molar-refractivity contribution >= 4 is 11.6 Å². The first kappa shape index (κ1) is 14.3. The molecule has 1 amide bonds. The second kappa shape index (κ2) is 5.49. The van der Waals surface area contributed by atoms with Crippen LogP contribution in [-0.4, -0.2) is 40.0 Å². The largest absolute Gasteiger partial charge is 0.395 e. The number of nitro groups is 1. The van der Waals surface area contributed by atoms with Crippen LogP contribution in [0, 0.1) is 21.7 Å². The molecule has 0 radical (unpaired) electrons. The third kappa shape index (κ3) is 2.74. The van der Waals surface area contributed by atoms with Crippen LogP contribution < -0.4 is 0 Å². The van der Waals surface area contributed by atoms with Crippen molar-refractivity contribution < 1.29 is 23.6 Å². The molecule has 1 aliphatic rings. The Bertz CT molecular complexity index is 561. The summed E-state index contributed by atoms with van der Waals surface area (Å²) in [4.78, 5) is 22.8. The number of aliphatic hydroxyl groups is 1. The molecule has 6 nitrogen and oxygen atoms in total. The molecule has 0 atom stereocenters. The quantitative estimate of drug-likeness (QED) is 0.656. The van der Waals surface area contributed by atoms with Crippen LogP contribution in [0.1, 0.15) is 23.2 Å². The molecule has 0 heterocycles. The average molecular weight is 286 g/mol. The summed E-state index contributed by atoms with van der Waals surface area (Å²) in [7, 11) is 0. The molecular formula is C12H12F2N2O4. The molecule has 20 heavy (non-hydrogen) atoms. The number of hydrogen-bond donors (Lipinski definition) is 1. The minimum atomic E-state index is -1.26. The highest BCUT2D eigenvalue weighted by Gasteiger charge is 2.34. The lowest BCUT2D eigenvalue weighted by Crippen LogP contribution is -2.36. The summed E-state index contributed by atoms with van der Waals surface area (Å²) in [6.45, 7) is -0.277. The molecule has 0 aliphatic heterocycles. The predicted molar refractivity (Wildman–Crippen MR) is 64.2 cm³/mol. The molecule has 1 aromatic carbocycles. The fraction of sp³-hybridized carbons (Fsp3) is 0.417. The van der Waals surface area contributed by atoms with Crippen molar-refractivity contribution in [3.05, 3.63) is 39.4 Å². The van der Waals surface area contributed by atoms with E-state index in [9.17, 15) is 23.7 Å². The van der Waals surface area contributed by atoms with Gasteiger partial charge in [0.25, 0.3) is 5.91 Å². The number of rotatable bonds is 5. The van der Waals surface area contributed by atoms with Gasteiger partial charge in [-0.15, -0.1) is 0 Å². The fourth-order valence-electron chi connectivity index (χ4n) is 1.94. The lowest BCUT2D eigenvalue weighted by atomic mass is 10.1. The second-order valence-corrected chi connectivity index (χ2v) is 4.49. The molecule has 1 saturated carbocycles. The van der Waals surface area contributed by atoms with E-state index >= 15 is 0 Å². The number of halogens is 2. The van der Waals surface area contributed by atoms with E-state index in [0.29, 0.717) is 12.1 Å². The molecule has 0 bridgehead atoms. The van der Waals surface area contributed by atoms with Crippen LogP contribution in [0.3, 0.4) is 0 Å². The molecule has 1 aromatic rings. The molecule has 0 spiro atoms. The van der Waals surface area contributed by atoms with Gasteiger partial charge in [-0.05, 0) is 18.9 Å². The third-order valence-corrected chi connectivity index (χ3v) is 3.05. The van der Waals surface area contributed by atoms with E-state index in [1.807, 2.05) is 0 Å². The smallest absolute Gasteiger partial charge is 0.307 e. The highest BCUT2D eigenvalue weighted by Crippen LogP contribution is 2.29. The summed E-state index contributed by atoms with van der Waals surface area (Å²) in [5, 5.41) is 19.4. The van der Waals surface area contributed by atoms with Gasteiger partial charge in [0.2, 0.25) is 5.82 Å². The highest BCUT2D eigenvalue weighted by molar-refractivity contribution is 5.95. The maximum Gasteiger partial charge on any atom is 0.307 e. The van der Waals surface area contributed by atoms with Crippen molar-refractivity contribution in [2.75, 3.05) is 13.2 Å². The Morgan fingerprint density at radius 3 is 2.55 bits per heavy atom. The SMILES string of the molecule is O=C(c1cc(F)c([N+](=O)[O-])cc1F)N(CCO)C1CC1. The fourth-order valence-corrected chi connectivity index (χ4v) is 1.94. The highest BCUT2D eigenvalue weighted by atomic mass is 19.1. The molecule has 0 aromatic heterocycles. The Hall–Kier alpha value is -2.09. The summed E-state index contributed by atoms with van der Waals surface area (Å²) in [5.74, 6) is -3.18.